The van der Waals surface area contributed by atoms with Crippen LogP contribution < -0.4 is 5.48 Å². The first-order valence-electron chi connectivity index (χ1n) is 8.55. The minimum atomic E-state index is -1.48. The summed E-state index contributed by atoms with van der Waals surface area (Å²) in [5, 5.41) is 9.71. The van der Waals surface area contributed by atoms with Crippen LogP contribution in [-0.2, 0) is 24.6 Å². The van der Waals surface area contributed by atoms with Gasteiger partial charge in [-0.25, -0.2) is 9.59 Å². The van der Waals surface area contributed by atoms with E-state index in [4.69, 9.17) is 9.57 Å². The molecule has 0 saturated carbocycles. The summed E-state index contributed by atoms with van der Waals surface area (Å²) in [6.45, 7) is 8.61. The van der Waals surface area contributed by atoms with E-state index in [1.165, 1.54) is 0 Å². The molecule has 7 heteroatoms. The Kier molecular flexibility index (Phi) is 7.18. The zero-order valence-corrected chi connectivity index (χ0v) is 15.9. The topological polar surface area (TPSA) is 102 Å². The van der Waals surface area contributed by atoms with Crippen molar-refractivity contribution >= 4 is 18.0 Å². The minimum Gasteiger partial charge on any atom is -0.481 e. The Morgan fingerprint density at radius 3 is 2.04 bits per heavy atom. The molecule has 7 nitrogen and oxygen atoms in total. The number of hydrogen-bond acceptors (Lipinski definition) is 5. The smallest absolute Gasteiger partial charge is 0.441 e. The highest BCUT2D eigenvalue weighted by atomic mass is 16.7. The molecule has 0 aliphatic rings. The summed E-state index contributed by atoms with van der Waals surface area (Å²) in [6, 6.07) is 8.98. The fraction of sp³-hybridized carbons (Fsp3) is 0.526. The molecule has 0 aromatic heterocycles. The predicted octanol–water partition coefficient (Wildman–Crippen LogP) is 3.43. The standard InChI is InChI=1S/C19H27NO6/c1-6-19(7-2,13-11-9-8-10-12-13)14(15(21)22)16(23)26-20-17(24)25-18(3,4)5/h8-12,14H,6-7H2,1-5H3,(H,20,24)(H,21,22). The number of carboxylic acid groups (broad SMARTS) is 1. The number of aliphatic carboxylic acids is 1. The summed E-state index contributed by atoms with van der Waals surface area (Å²) >= 11 is 0. The van der Waals surface area contributed by atoms with E-state index in [0.717, 1.165) is 5.56 Å². The first-order chi connectivity index (χ1) is 12.1. The third kappa shape index (κ3) is 5.21. The van der Waals surface area contributed by atoms with Gasteiger partial charge in [0.15, 0.2) is 5.92 Å². The largest absolute Gasteiger partial charge is 0.481 e. The molecule has 1 atom stereocenters. The molecule has 2 N–H and O–H groups in total. The molecule has 0 saturated heterocycles. The number of carbonyl (C=O) groups is 3. The number of ether oxygens (including phenoxy) is 1. The molecular formula is C19H27NO6. The lowest BCUT2D eigenvalue weighted by molar-refractivity contribution is -0.167. The van der Waals surface area contributed by atoms with Crippen molar-refractivity contribution in [2.75, 3.05) is 0 Å². The first kappa shape index (κ1) is 21.5. The van der Waals surface area contributed by atoms with Crippen LogP contribution in [0.5, 0.6) is 0 Å². The molecule has 0 radical (unpaired) electrons. The maximum atomic E-state index is 12.5. The molecule has 0 heterocycles. The molecular weight excluding hydrogens is 338 g/mol. The third-order valence-corrected chi connectivity index (χ3v) is 4.28. The van der Waals surface area contributed by atoms with Gasteiger partial charge in [0.25, 0.3) is 0 Å². The quantitative estimate of drug-likeness (QED) is 0.591. The lowest BCUT2D eigenvalue weighted by Gasteiger charge is -2.36. The van der Waals surface area contributed by atoms with Gasteiger partial charge in [0.2, 0.25) is 0 Å². The number of amides is 1. The van der Waals surface area contributed by atoms with Crippen LogP contribution in [0.4, 0.5) is 4.79 Å². The van der Waals surface area contributed by atoms with E-state index in [0.29, 0.717) is 12.8 Å². The SMILES string of the molecule is CCC(CC)(c1ccccc1)C(C(=O)O)C(=O)ONC(=O)OC(C)(C)C. The summed E-state index contributed by atoms with van der Waals surface area (Å²) < 4.78 is 4.98. The predicted molar refractivity (Wildman–Crippen MR) is 95.3 cm³/mol. The molecule has 26 heavy (non-hydrogen) atoms. The van der Waals surface area contributed by atoms with Crippen LogP contribution >= 0.6 is 0 Å². The second-order valence-corrected chi connectivity index (χ2v) is 7.03. The third-order valence-electron chi connectivity index (χ3n) is 4.28. The molecule has 1 aromatic rings. The summed E-state index contributed by atoms with van der Waals surface area (Å²) in [6.07, 6.45) is -0.147. The highest BCUT2D eigenvalue weighted by Gasteiger charge is 2.48. The average molecular weight is 365 g/mol. The van der Waals surface area contributed by atoms with E-state index in [-0.39, 0.29) is 0 Å². The zero-order valence-electron chi connectivity index (χ0n) is 15.9. The van der Waals surface area contributed by atoms with Gasteiger partial charge < -0.3 is 14.7 Å². The lowest BCUT2D eigenvalue weighted by atomic mass is 9.66. The number of carboxylic acids is 1. The van der Waals surface area contributed by atoms with Gasteiger partial charge in [0.05, 0.1) is 0 Å². The van der Waals surface area contributed by atoms with Gasteiger partial charge in [0.1, 0.15) is 5.60 Å². The molecule has 1 aromatic carbocycles. The molecule has 1 rings (SSSR count). The van der Waals surface area contributed by atoms with E-state index in [2.05, 4.69) is 0 Å². The Bertz CT molecular complexity index is 631. The van der Waals surface area contributed by atoms with Crippen LogP contribution in [0, 0.1) is 5.92 Å². The van der Waals surface area contributed by atoms with E-state index < -0.39 is 35.0 Å². The molecule has 1 unspecified atom stereocenters. The molecule has 0 spiro atoms. The number of rotatable bonds is 6. The van der Waals surface area contributed by atoms with Crippen molar-refractivity contribution in [3.63, 3.8) is 0 Å². The van der Waals surface area contributed by atoms with Crippen LogP contribution in [0.2, 0.25) is 0 Å². The number of hydrogen-bond donors (Lipinski definition) is 2. The minimum absolute atomic E-state index is 0.409. The van der Waals surface area contributed by atoms with Crippen molar-refractivity contribution in [3.8, 4) is 0 Å². The Labute approximate surface area is 153 Å². The Balaban J connectivity index is 3.07. The summed E-state index contributed by atoms with van der Waals surface area (Å²) in [7, 11) is 0. The molecule has 0 aliphatic carbocycles. The van der Waals surface area contributed by atoms with E-state index >= 15 is 0 Å². The van der Waals surface area contributed by atoms with Crippen LogP contribution in [0.25, 0.3) is 0 Å². The van der Waals surface area contributed by atoms with E-state index in [1.54, 1.807) is 45.0 Å². The number of carbonyl (C=O) groups excluding carboxylic acids is 2. The van der Waals surface area contributed by atoms with Crippen molar-refractivity contribution in [1.82, 2.24) is 5.48 Å². The fourth-order valence-electron chi connectivity index (χ4n) is 3.02. The van der Waals surface area contributed by atoms with Crippen molar-refractivity contribution < 1.29 is 29.1 Å². The highest BCUT2D eigenvalue weighted by Crippen LogP contribution is 2.40. The number of nitrogens with one attached hydrogen (secondary N) is 1. The van der Waals surface area contributed by atoms with Gasteiger partial charge in [-0.1, -0.05) is 44.2 Å². The molecule has 0 aliphatic heterocycles. The second-order valence-electron chi connectivity index (χ2n) is 7.03. The monoisotopic (exact) mass is 365 g/mol. The van der Waals surface area contributed by atoms with E-state index in [9.17, 15) is 19.5 Å². The van der Waals surface area contributed by atoms with Gasteiger partial charge in [-0.05, 0) is 39.2 Å². The first-order valence-corrected chi connectivity index (χ1v) is 8.55. The van der Waals surface area contributed by atoms with Crippen molar-refractivity contribution in [1.29, 1.82) is 0 Å². The number of hydroxylamine groups is 1. The van der Waals surface area contributed by atoms with Gasteiger partial charge >= 0.3 is 18.0 Å². The zero-order chi connectivity index (χ0) is 20.0. The second kappa shape index (κ2) is 8.69. The summed E-state index contributed by atoms with van der Waals surface area (Å²) in [5.41, 5.74) is 0.867. The van der Waals surface area contributed by atoms with E-state index in [1.807, 2.05) is 25.4 Å². The van der Waals surface area contributed by atoms with Crippen LogP contribution in [0.1, 0.15) is 53.0 Å². The van der Waals surface area contributed by atoms with Gasteiger partial charge in [-0.15, -0.1) is 5.48 Å². The Morgan fingerprint density at radius 2 is 1.62 bits per heavy atom. The van der Waals surface area contributed by atoms with Crippen LogP contribution in [-0.4, -0.2) is 28.7 Å². The molecule has 0 fully saturated rings. The Hall–Kier alpha value is -2.57. The lowest BCUT2D eigenvalue weighted by Crippen LogP contribution is -2.47. The van der Waals surface area contributed by atoms with Crippen molar-refractivity contribution in [2.24, 2.45) is 5.92 Å². The van der Waals surface area contributed by atoms with Crippen LogP contribution in [0.3, 0.4) is 0 Å². The molecule has 1 amide bonds. The van der Waals surface area contributed by atoms with Crippen molar-refractivity contribution in [2.45, 2.75) is 58.5 Å². The van der Waals surface area contributed by atoms with Gasteiger partial charge in [0, 0.05) is 5.41 Å². The Morgan fingerprint density at radius 1 is 1.08 bits per heavy atom. The highest BCUT2D eigenvalue weighted by molar-refractivity contribution is 5.96. The maximum Gasteiger partial charge on any atom is 0.441 e. The molecule has 144 valence electrons. The van der Waals surface area contributed by atoms with Crippen LogP contribution in [0.15, 0.2) is 30.3 Å². The summed E-state index contributed by atoms with van der Waals surface area (Å²) in [5.74, 6) is -3.83. The van der Waals surface area contributed by atoms with Crippen molar-refractivity contribution in [3.05, 3.63) is 35.9 Å². The maximum absolute atomic E-state index is 12.5. The van der Waals surface area contributed by atoms with Gasteiger partial charge in [-0.2, -0.15) is 0 Å². The van der Waals surface area contributed by atoms with Gasteiger partial charge in [-0.3, -0.25) is 4.79 Å². The normalized spacial score (nSPS) is 12.8. The summed E-state index contributed by atoms with van der Waals surface area (Å²) in [4.78, 5) is 40.8. The fourth-order valence-corrected chi connectivity index (χ4v) is 3.02. The average Bonchev–Trinajstić information content (AvgIpc) is 2.56. The number of benzene rings is 1. The molecule has 0 bridgehead atoms.